The van der Waals surface area contributed by atoms with E-state index in [-0.39, 0.29) is 0 Å². The zero-order chi connectivity index (χ0) is 13.3. The van der Waals surface area contributed by atoms with Crippen LogP contribution in [0.5, 0.6) is 0 Å². The number of aliphatic hydroxyl groups is 1. The van der Waals surface area contributed by atoms with E-state index in [9.17, 15) is 5.11 Å². The molecular weight excluding hydrogens is 230 g/mol. The lowest BCUT2D eigenvalue weighted by Gasteiger charge is -2.11. The van der Waals surface area contributed by atoms with Gasteiger partial charge in [0.15, 0.2) is 0 Å². The largest absolute Gasteiger partial charge is 0.384 e. The van der Waals surface area contributed by atoms with Crippen LogP contribution in [0, 0.1) is 6.92 Å². The van der Waals surface area contributed by atoms with Gasteiger partial charge in [-0.3, -0.25) is 4.68 Å². The fourth-order valence-corrected chi connectivity index (χ4v) is 1.82. The number of nitrogens with zero attached hydrogens (tertiary/aromatic N) is 5. The summed E-state index contributed by atoms with van der Waals surface area (Å²) in [4.78, 5) is 0. The van der Waals surface area contributed by atoms with E-state index in [2.05, 4.69) is 22.3 Å². The molecule has 0 amide bonds. The standard InChI is InChI=1S/C12H19N5O/c1-5-17-10(6-9(2)14-17)7-16-8-11(13-15-16)12(3,4)18/h6,8,18H,5,7H2,1-4H3. The van der Waals surface area contributed by atoms with Crippen LogP contribution in [0.2, 0.25) is 0 Å². The summed E-state index contributed by atoms with van der Waals surface area (Å²) in [6.45, 7) is 8.86. The molecule has 0 saturated heterocycles. The predicted octanol–water partition coefficient (Wildman–Crippen LogP) is 1.08. The Bertz CT molecular complexity index is 535. The molecule has 2 heterocycles. The second-order valence-electron chi connectivity index (χ2n) is 4.95. The number of hydrogen-bond acceptors (Lipinski definition) is 4. The van der Waals surface area contributed by atoms with Crippen LogP contribution in [-0.4, -0.2) is 29.9 Å². The highest BCUT2D eigenvalue weighted by Gasteiger charge is 2.20. The molecule has 0 unspecified atom stereocenters. The van der Waals surface area contributed by atoms with Crippen molar-refractivity contribution in [2.75, 3.05) is 0 Å². The van der Waals surface area contributed by atoms with E-state index in [1.54, 1.807) is 24.7 Å². The van der Waals surface area contributed by atoms with Crippen LogP contribution < -0.4 is 0 Å². The van der Waals surface area contributed by atoms with E-state index in [1.807, 2.05) is 17.7 Å². The molecule has 0 fully saturated rings. The van der Waals surface area contributed by atoms with Crippen molar-refractivity contribution in [1.82, 2.24) is 24.8 Å². The van der Waals surface area contributed by atoms with Crippen molar-refractivity contribution in [3.8, 4) is 0 Å². The maximum absolute atomic E-state index is 9.84. The molecule has 0 aliphatic rings. The van der Waals surface area contributed by atoms with Crippen LogP contribution in [0.15, 0.2) is 12.3 Å². The van der Waals surface area contributed by atoms with E-state index >= 15 is 0 Å². The summed E-state index contributed by atoms with van der Waals surface area (Å²) >= 11 is 0. The van der Waals surface area contributed by atoms with Crippen LogP contribution in [0.1, 0.15) is 37.9 Å². The summed E-state index contributed by atoms with van der Waals surface area (Å²) in [6, 6.07) is 2.04. The Balaban J connectivity index is 2.21. The number of aromatic nitrogens is 5. The third-order valence-electron chi connectivity index (χ3n) is 2.77. The SMILES string of the molecule is CCn1nc(C)cc1Cn1cc(C(C)(C)O)nn1. The summed E-state index contributed by atoms with van der Waals surface area (Å²) in [5, 5.41) is 22.2. The predicted molar refractivity (Wildman–Crippen MR) is 67.0 cm³/mol. The molecule has 0 radical (unpaired) electrons. The van der Waals surface area contributed by atoms with Crippen molar-refractivity contribution >= 4 is 0 Å². The van der Waals surface area contributed by atoms with Crippen LogP contribution >= 0.6 is 0 Å². The number of aryl methyl sites for hydroxylation is 2. The molecule has 2 aromatic rings. The van der Waals surface area contributed by atoms with Gasteiger partial charge < -0.3 is 5.11 Å². The molecule has 0 aromatic carbocycles. The van der Waals surface area contributed by atoms with Gasteiger partial charge in [-0.1, -0.05) is 5.21 Å². The second-order valence-corrected chi connectivity index (χ2v) is 4.95. The first kappa shape index (κ1) is 12.8. The van der Waals surface area contributed by atoms with Gasteiger partial charge in [-0.25, -0.2) is 4.68 Å². The lowest BCUT2D eigenvalue weighted by atomic mass is 10.1. The smallest absolute Gasteiger partial charge is 0.114 e. The lowest BCUT2D eigenvalue weighted by molar-refractivity contribution is 0.0737. The van der Waals surface area contributed by atoms with Crippen LogP contribution in [0.3, 0.4) is 0 Å². The van der Waals surface area contributed by atoms with E-state index in [1.165, 1.54) is 0 Å². The van der Waals surface area contributed by atoms with E-state index in [0.29, 0.717) is 12.2 Å². The summed E-state index contributed by atoms with van der Waals surface area (Å²) in [6.07, 6.45) is 1.77. The Kier molecular flexibility index (Phi) is 3.21. The Labute approximate surface area is 106 Å². The minimum absolute atomic E-state index is 0.571. The first-order chi connectivity index (χ1) is 8.40. The molecule has 0 saturated carbocycles. The average Bonchev–Trinajstić information content (AvgIpc) is 2.85. The van der Waals surface area contributed by atoms with Gasteiger partial charge in [0, 0.05) is 6.54 Å². The fourth-order valence-electron chi connectivity index (χ4n) is 1.82. The molecular formula is C12H19N5O. The highest BCUT2D eigenvalue weighted by atomic mass is 16.3. The van der Waals surface area contributed by atoms with E-state index in [4.69, 9.17) is 0 Å². The third kappa shape index (κ3) is 2.59. The first-order valence-corrected chi connectivity index (χ1v) is 6.06. The van der Waals surface area contributed by atoms with Gasteiger partial charge in [0.2, 0.25) is 0 Å². The number of rotatable bonds is 4. The zero-order valence-electron chi connectivity index (χ0n) is 11.3. The van der Waals surface area contributed by atoms with E-state index < -0.39 is 5.60 Å². The first-order valence-electron chi connectivity index (χ1n) is 6.06. The molecule has 2 aromatic heterocycles. The molecule has 0 bridgehead atoms. The monoisotopic (exact) mass is 249 g/mol. The maximum atomic E-state index is 9.84. The summed E-state index contributed by atoms with van der Waals surface area (Å²) < 4.78 is 3.66. The molecule has 6 nitrogen and oxygen atoms in total. The van der Waals surface area contributed by atoms with Crippen molar-refractivity contribution < 1.29 is 5.11 Å². The van der Waals surface area contributed by atoms with Gasteiger partial charge in [-0.05, 0) is 33.8 Å². The average molecular weight is 249 g/mol. The Hall–Kier alpha value is -1.69. The summed E-state index contributed by atoms with van der Waals surface area (Å²) in [5.41, 5.74) is 1.69. The Morgan fingerprint density at radius 3 is 2.67 bits per heavy atom. The zero-order valence-corrected chi connectivity index (χ0v) is 11.3. The van der Waals surface area contributed by atoms with Gasteiger partial charge in [-0.15, -0.1) is 5.10 Å². The molecule has 18 heavy (non-hydrogen) atoms. The van der Waals surface area contributed by atoms with Crippen molar-refractivity contribution in [2.45, 2.75) is 46.4 Å². The molecule has 98 valence electrons. The molecule has 1 N–H and O–H groups in total. The minimum Gasteiger partial charge on any atom is -0.384 e. The Morgan fingerprint density at radius 1 is 1.39 bits per heavy atom. The van der Waals surface area contributed by atoms with Crippen molar-refractivity contribution in [1.29, 1.82) is 0 Å². The lowest BCUT2D eigenvalue weighted by Crippen LogP contribution is -2.16. The summed E-state index contributed by atoms with van der Waals surface area (Å²) in [5.74, 6) is 0. The normalized spacial score (nSPS) is 12.1. The fraction of sp³-hybridized carbons (Fsp3) is 0.583. The van der Waals surface area contributed by atoms with Gasteiger partial charge in [0.1, 0.15) is 11.3 Å². The van der Waals surface area contributed by atoms with Crippen molar-refractivity contribution in [2.24, 2.45) is 0 Å². The van der Waals surface area contributed by atoms with Crippen LogP contribution in [-0.2, 0) is 18.7 Å². The van der Waals surface area contributed by atoms with Gasteiger partial charge >= 0.3 is 0 Å². The highest BCUT2D eigenvalue weighted by Crippen LogP contribution is 2.16. The van der Waals surface area contributed by atoms with Crippen molar-refractivity contribution in [3.63, 3.8) is 0 Å². The molecule has 0 atom stereocenters. The topological polar surface area (TPSA) is 68.8 Å². The quantitative estimate of drug-likeness (QED) is 0.880. The Morgan fingerprint density at radius 2 is 2.11 bits per heavy atom. The molecule has 0 aliphatic heterocycles. The van der Waals surface area contributed by atoms with E-state index in [0.717, 1.165) is 17.9 Å². The maximum Gasteiger partial charge on any atom is 0.114 e. The number of hydrogen-bond donors (Lipinski definition) is 1. The molecule has 2 rings (SSSR count). The van der Waals surface area contributed by atoms with Crippen molar-refractivity contribution in [3.05, 3.63) is 29.3 Å². The second kappa shape index (κ2) is 4.53. The molecule has 0 spiro atoms. The highest BCUT2D eigenvalue weighted by molar-refractivity contribution is 5.10. The summed E-state index contributed by atoms with van der Waals surface area (Å²) in [7, 11) is 0. The minimum atomic E-state index is -0.959. The van der Waals surface area contributed by atoms with Gasteiger partial charge in [0.05, 0.1) is 24.1 Å². The third-order valence-corrected chi connectivity index (χ3v) is 2.77. The molecule has 0 aliphatic carbocycles. The van der Waals surface area contributed by atoms with Crippen LogP contribution in [0.25, 0.3) is 0 Å². The van der Waals surface area contributed by atoms with Gasteiger partial charge in [-0.2, -0.15) is 5.10 Å². The van der Waals surface area contributed by atoms with Gasteiger partial charge in [0.25, 0.3) is 0 Å². The van der Waals surface area contributed by atoms with Crippen LogP contribution in [0.4, 0.5) is 0 Å². The molecule has 6 heteroatoms.